The maximum Gasteiger partial charge on any atom is 0.242 e. The van der Waals surface area contributed by atoms with Gasteiger partial charge in [0.2, 0.25) is 5.91 Å². The number of amides is 1. The number of benzene rings is 1. The highest BCUT2D eigenvalue weighted by atomic mass is 35.5. The highest BCUT2D eigenvalue weighted by molar-refractivity contribution is 6.31. The standard InChI is InChI=1S/C14H15Cl2NO/c1-9-7-14(2,3)17(13(18)8-15)12-5-4-10(16)6-11(9)12/h4-7H,8H2,1-3H3. The molecular weight excluding hydrogens is 269 g/mol. The lowest BCUT2D eigenvalue weighted by molar-refractivity contribution is -0.117. The number of carbonyl (C=O) groups is 1. The maximum atomic E-state index is 12.1. The summed E-state index contributed by atoms with van der Waals surface area (Å²) in [4.78, 5) is 13.8. The monoisotopic (exact) mass is 283 g/mol. The number of halogens is 2. The van der Waals surface area contributed by atoms with Crippen LogP contribution < -0.4 is 4.90 Å². The second-order valence-electron chi connectivity index (χ2n) is 5.01. The molecule has 1 aromatic rings. The second kappa shape index (κ2) is 4.60. The molecule has 0 saturated carbocycles. The van der Waals surface area contributed by atoms with E-state index in [0.29, 0.717) is 5.02 Å². The number of hydrogen-bond acceptors (Lipinski definition) is 1. The first-order valence-electron chi connectivity index (χ1n) is 5.75. The molecule has 0 aliphatic carbocycles. The van der Waals surface area contributed by atoms with Crippen molar-refractivity contribution in [2.24, 2.45) is 0 Å². The van der Waals surface area contributed by atoms with Gasteiger partial charge in [-0.25, -0.2) is 0 Å². The van der Waals surface area contributed by atoms with Gasteiger partial charge in [-0.1, -0.05) is 17.7 Å². The first kappa shape index (κ1) is 13.4. The third kappa shape index (κ3) is 2.15. The smallest absolute Gasteiger partial charge is 0.242 e. The Labute approximate surface area is 117 Å². The van der Waals surface area contributed by atoms with E-state index in [2.05, 4.69) is 6.08 Å². The Morgan fingerprint density at radius 2 is 2.06 bits per heavy atom. The molecule has 0 radical (unpaired) electrons. The van der Waals surface area contributed by atoms with Gasteiger partial charge in [-0.2, -0.15) is 0 Å². The predicted octanol–water partition coefficient (Wildman–Crippen LogP) is 4.11. The molecule has 0 N–H and O–H groups in total. The summed E-state index contributed by atoms with van der Waals surface area (Å²) in [6.45, 7) is 6.02. The summed E-state index contributed by atoms with van der Waals surface area (Å²) in [5.41, 5.74) is 2.60. The van der Waals surface area contributed by atoms with Gasteiger partial charge in [-0.05, 0) is 44.5 Å². The van der Waals surface area contributed by atoms with Crippen molar-refractivity contribution in [2.45, 2.75) is 26.3 Å². The molecule has 2 nitrogen and oxygen atoms in total. The molecular formula is C14H15Cl2NO. The number of rotatable bonds is 1. The Hall–Kier alpha value is -0.990. The van der Waals surface area contributed by atoms with E-state index >= 15 is 0 Å². The number of anilines is 1. The van der Waals surface area contributed by atoms with Crippen molar-refractivity contribution in [3.8, 4) is 0 Å². The second-order valence-corrected chi connectivity index (χ2v) is 5.71. The van der Waals surface area contributed by atoms with Crippen LogP contribution in [0.2, 0.25) is 5.02 Å². The van der Waals surface area contributed by atoms with E-state index in [-0.39, 0.29) is 17.3 Å². The van der Waals surface area contributed by atoms with Gasteiger partial charge in [0.1, 0.15) is 5.88 Å². The van der Waals surface area contributed by atoms with Crippen LogP contribution in [0.25, 0.3) is 5.57 Å². The lowest BCUT2D eigenvalue weighted by atomic mass is 9.89. The summed E-state index contributed by atoms with van der Waals surface area (Å²) in [5, 5.41) is 0.666. The van der Waals surface area contributed by atoms with Gasteiger partial charge in [0, 0.05) is 10.6 Å². The minimum Gasteiger partial charge on any atom is -0.302 e. The Morgan fingerprint density at radius 1 is 1.39 bits per heavy atom. The number of nitrogens with zero attached hydrogens (tertiary/aromatic N) is 1. The molecule has 1 heterocycles. The van der Waals surface area contributed by atoms with E-state index in [1.165, 1.54) is 0 Å². The van der Waals surface area contributed by atoms with Crippen molar-refractivity contribution in [2.75, 3.05) is 10.8 Å². The number of hydrogen-bond donors (Lipinski definition) is 0. The molecule has 1 amide bonds. The zero-order valence-electron chi connectivity index (χ0n) is 10.6. The van der Waals surface area contributed by atoms with Crippen molar-refractivity contribution < 1.29 is 4.79 Å². The Kier molecular flexibility index (Phi) is 3.43. The zero-order chi connectivity index (χ0) is 13.5. The Morgan fingerprint density at radius 3 is 2.67 bits per heavy atom. The highest BCUT2D eigenvalue weighted by Gasteiger charge is 2.35. The van der Waals surface area contributed by atoms with Crippen LogP contribution in [-0.4, -0.2) is 17.3 Å². The highest BCUT2D eigenvalue weighted by Crippen LogP contribution is 2.40. The van der Waals surface area contributed by atoms with Gasteiger partial charge >= 0.3 is 0 Å². The largest absolute Gasteiger partial charge is 0.302 e. The Bertz CT molecular complexity index is 535. The zero-order valence-corrected chi connectivity index (χ0v) is 12.1. The number of fused-ring (bicyclic) bond motifs is 1. The molecule has 18 heavy (non-hydrogen) atoms. The van der Waals surface area contributed by atoms with Crippen molar-refractivity contribution >= 4 is 40.4 Å². The average Bonchev–Trinajstić information content (AvgIpc) is 2.28. The minimum atomic E-state index is -0.378. The maximum absolute atomic E-state index is 12.1. The van der Waals surface area contributed by atoms with Crippen molar-refractivity contribution in [1.82, 2.24) is 0 Å². The molecule has 0 fully saturated rings. The van der Waals surface area contributed by atoms with Crippen molar-refractivity contribution in [3.05, 3.63) is 34.9 Å². The normalized spacial score (nSPS) is 17.2. The van der Waals surface area contributed by atoms with E-state index in [0.717, 1.165) is 16.8 Å². The summed E-state index contributed by atoms with van der Waals surface area (Å²) in [6, 6.07) is 5.55. The minimum absolute atomic E-state index is 0.0294. The summed E-state index contributed by atoms with van der Waals surface area (Å²) in [6.07, 6.45) is 2.07. The molecule has 4 heteroatoms. The van der Waals surface area contributed by atoms with E-state index in [4.69, 9.17) is 23.2 Å². The van der Waals surface area contributed by atoms with Crippen molar-refractivity contribution in [1.29, 1.82) is 0 Å². The molecule has 1 aliphatic rings. The van der Waals surface area contributed by atoms with Gasteiger partial charge in [-0.3, -0.25) is 4.79 Å². The third-order valence-corrected chi connectivity index (χ3v) is 3.60. The summed E-state index contributed by atoms with van der Waals surface area (Å²) < 4.78 is 0. The molecule has 0 unspecified atom stereocenters. The van der Waals surface area contributed by atoms with Gasteiger partial charge in [-0.15, -0.1) is 11.6 Å². The molecule has 0 saturated heterocycles. The van der Waals surface area contributed by atoms with E-state index in [9.17, 15) is 4.79 Å². The molecule has 96 valence electrons. The van der Waals surface area contributed by atoms with Crippen LogP contribution in [0, 0.1) is 0 Å². The van der Waals surface area contributed by atoms with Gasteiger partial charge in [0.25, 0.3) is 0 Å². The first-order valence-corrected chi connectivity index (χ1v) is 6.66. The van der Waals surface area contributed by atoms with Crippen LogP contribution in [0.15, 0.2) is 24.3 Å². The number of carbonyl (C=O) groups excluding carboxylic acids is 1. The van der Waals surface area contributed by atoms with Crippen LogP contribution in [-0.2, 0) is 4.79 Å². The van der Waals surface area contributed by atoms with Crippen LogP contribution in [0.3, 0.4) is 0 Å². The summed E-state index contributed by atoms with van der Waals surface area (Å²) in [5.74, 6) is -0.132. The number of alkyl halides is 1. The summed E-state index contributed by atoms with van der Waals surface area (Å²) >= 11 is 11.7. The molecule has 0 aromatic heterocycles. The van der Waals surface area contributed by atoms with Crippen LogP contribution in [0.1, 0.15) is 26.3 Å². The Balaban J connectivity index is 2.65. The molecule has 2 rings (SSSR count). The third-order valence-electron chi connectivity index (χ3n) is 3.13. The fourth-order valence-electron chi connectivity index (χ4n) is 2.52. The van der Waals surface area contributed by atoms with Gasteiger partial charge in [0.15, 0.2) is 0 Å². The topological polar surface area (TPSA) is 20.3 Å². The molecule has 0 bridgehead atoms. The molecule has 0 atom stereocenters. The quantitative estimate of drug-likeness (QED) is 0.711. The van der Waals surface area contributed by atoms with Crippen molar-refractivity contribution in [3.63, 3.8) is 0 Å². The number of allylic oxidation sites excluding steroid dienone is 1. The van der Waals surface area contributed by atoms with E-state index < -0.39 is 0 Å². The lowest BCUT2D eigenvalue weighted by Gasteiger charge is -2.41. The molecule has 0 spiro atoms. The van der Waals surface area contributed by atoms with Crippen LogP contribution in [0.5, 0.6) is 0 Å². The van der Waals surface area contributed by atoms with E-state index in [1.54, 1.807) is 11.0 Å². The van der Waals surface area contributed by atoms with Gasteiger partial charge in [0.05, 0.1) is 11.2 Å². The fraction of sp³-hybridized carbons (Fsp3) is 0.357. The van der Waals surface area contributed by atoms with E-state index in [1.807, 2.05) is 32.9 Å². The van der Waals surface area contributed by atoms with Crippen LogP contribution >= 0.6 is 23.2 Å². The average molecular weight is 284 g/mol. The molecule has 1 aromatic carbocycles. The summed E-state index contributed by atoms with van der Waals surface area (Å²) in [7, 11) is 0. The predicted molar refractivity (Wildman–Crippen MR) is 77.4 cm³/mol. The lowest BCUT2D eigenvalue weighted by Crippen LogP contribution is -2.49. The first-order chi connectivity index (χ1) is 8.36. The fourth-order valence-corrected chi connectivity index (χ4v) is 2.81. The van der Waals surface area contributed by atoms with Crippen LogP contribution in [0.4, 0.5) is 5.69 Å². The molecule has 1 aliphatic heterocycles. The SMILES string of the molecule is CC1=CC(C)(C)N(C(=O)CCl)c2ccc(Cl)cc21. The van der Waals surface area contributed by atoms with Gasteiger partial charge < -0.3 is 4.90 Å².